The standard InChI is InChI=1S/C10H18N2O7/c1-4(14)9(12)8(17)7(16)5(3-13)19-10(9,18)6(15)2-11/h5,7-8,13,16-18H,2-3,11-12H2,1H3/t5-,7-,8+,9-,10?/m1/s1. The van der Waals surface area contributed by atoms with Crippen molar-refractivity contribution in [2.45, 2.75) is 36.6 Å². The number of hydrogen-bond donors (Lipinski definition) is 6. The molecule has 0 aromatic carbocycles. The molecule has 1 rings (SSSR count). The summed E-state index contributed by atoms with van der Waals surface area (Å²) in [6.07, 6.45) is -5.23. The molecule has 0 spiro atoms. The smallest absolute Gasteiger partial charge is 0.257 e. The summed E-state index contributed by atoms with van der Waals surface area (Å²) in [6.45, 7) is -0.580. The molecule has 110 valence electrons. The molecule has 0 aromatic rings. The highest BCUT2D eigenvalue weighted by Gasteiger charge is 2.67. The third-order valence-corrected chi connectivity index (χ3v) is 3.38. The number of hydrogen-bond acceptors (Lipinski definition) is 9. The molecule has 1 unspecified atom stereocenters. The highest BCUT2D eigenvalue weighted by atomic mass is 16.7. The van der Waals surface area contributed by atoms with Crippen molar-refractivity contribution in [1.29, 1.82) is 0 Å². The molecule has 8 N–H and O–H groups in total. The van der Waals surface area contributed by atoms with Crippen LogP contribution in [0.15, 0.2) is 0 Å². The third-order valence-electron chi connectivity index (χ3n) is 3.38. The van der Waals surface area contributed by atoms with Crippen molar-refractivity contribution in [2.24, 2.45) is 11.5 Å². The average molecular weight is 278 g/mol. The maximum atomic E-state index is 11.7. The van der Waals surface area contributed by atoms with Crippen LogP contribution in [0.1, 0.15) is 6.92 Å². The number of aliphatic hydroxyl groups is 4. The van der Waals surface area contributed by atoms with Crippen molar-refractivity contribution in [3.05, 3.63) is 0 Å². The number of ketones is 2. The van der Waals surface area contributed by atoms with Crippen LogP contribution < -0.4 is 11.5 Å². The van der Waals surface area contributed by atoms with Crippen molar-refractivity contribution in [2.75, 3.05) is 13.2 Å². The number of nitrogens with two attached hydrogens (primary N) is 2. The van der Waals surface area contributed by atoms with Gasteiger partial charge in [-0.1, -0.05) is 0 Å². The van der Waals surface area contributed by atoms with Crippen molar-refractivity contribution < 1.29 is 34.8 Å². The lowest BCUT2D eigenvalue weighted by Crippen LogP contribution is -2.82. The predicted octanol–water partition coefficient (Wildman–Crippen LogP) is -4.40. The van der Waals surface area contributed by atoms with E-state index in [0.717, 1.165) is 6.92 Å². The van der Waals surface area contributed by atoms with Gasteiger partial charge in [-0.05, 0) is 6.92 Å². The highest BCUT2D eigenvalue weighted by Crippen LogP contribution is 2.36. The average Bonchev–Trinajstić information content (AvgIpc) is 2.39. The minimum absolute atomic E-state index is 0.705. The van der Waals surface area contributed by atoms with Crippen molar-refractivity contribution in [3.63, 3.8) is 0 Å². The summed E-state index contributed by atoms with van der Waals surface area (Å²) in [4.78, 5) is 23.3. The first-order valence-corrected chi connectivity index (χ1v) is 5.57. The first-order valence-electron chi connectivity index (χ1n) is 5.57. The van der Waals surface area contributed by atoms with Gasteiger partial charge in [0.05, 0.1) is 13.2 Å². The van der Waals surface area contributed by atoms with Crippen molar-refractivity contribution >= 4 is 11.6 Å². The van der Waals surface area contributed by atoms with Crippen molar-refractivity contribution in [3.8, 4) is 0 Å². The lowest BCUT2D eigenvalue weighted by molar-refractivity contribution is -0.315. The first-order chi connectivity index (χ1) is 8.66. The Morgan fingerprint density at radius 3 is 2.26 bits per heavy atom. The van der Waals surface area contributed by atoms with Crippen LogP contribution in [0.3, 0.4) is 0 Å². The minimum atomic E-state index is -2.92. The van der Waals surface area contributed by atoms with Gasteiger partial charge in [-0.2, -0.15) is 0 Å². The number of aliphatic hydroxyl groups excluding tert-OH is 3. The summed E-state index contributed by atoms with van der Waals surface area (Å²) in [7, 11) is 0. The van der Waals surface area contributed by atoms with E-state index in [1.165, 1.54) is 0 Å². The lowest BCUT2D eigenvalue weighted by atomic mass is 9.73. The number of carbonyl (C=O) groups is 2. The molecule has 9 nitrogen and oxygen atoms in total. The summed E-state index contributed by atoms with van der Waals surface area (Å²) >= 11 is 0. The summed E-state index contributed by atoms with van der Waals surface area (Å²) in [6, 6.07) is 0. The molecular formula is C10H18N2O7. The van der Waals surface area contributed by atoms with Crippen LogP contribution in [0.4, 0.5) is 0 Å². The van der Waals surface area contributed by atoms with E-state index < -0.39 is 54.4 Å². The van der Waals surface area contributed by atoms with Crippen LogP contribution in [0, 0.1) is 0 Å². The Hall–Kier alpha value is -0.940. The second-order valence-electron chi connectivity index (χ2n) is 4.47. The summed E-state index contributed by atoms with van der Waals surface area (Å²) in [5.41, 5.74) is 8.15. The normalized spacial score (nSPS) is 43.0. The van der Waals surface area contributed by atoms with Gasteiger partial charge in [0.1, 0.15) is 18.3 Å². The predicted molar refractivity (Wildman–Crippen MR) is 60.6 cm³/mol. The van der Waals surface area contributed by atoms with E-state index in [0.29, 0.717) is 0 Å². The van der Waals surface area contributed by atoms with Crippen molar-refractivity contribution in [1.82, 2.24) is 0 Å². The van der Waals surface area contributed by atoms with Gasteiger partial charge in [0, 0.05) is 0 Å². The molecule has 0 saturated carbocycles. The van der Waals surface area contributed by atoms with E-state index in [2.05, 4.69) is 0 Å². The summed E-state index contributed by atoms with van der Waals surface area (Å²) in [5, 5.41) is 38.8. The van der Waals surface area contributed by atoms with Gasteiger partial charge in [-0.25, -0.2) is 0 Å². The number of rotatable bonds is 4. The Balaban J connectivity index is 3.38. The minimum Gasteiger partial charge on any atom is -0.394 e. The molecule has 5 atom stereocenters. The lowest BCUT2D eigenvalue weighted by Gasteiger charge is -2.51. The summed E-state index contributed by atoms with van der Waals surface area (Å²) in [5.74, 6) is -5.03. The van der Waals surface area contributed by atoms with Gasteiger partial charge in [0.2, 0.25) is 5.78 Å². The molecule has 0 amide bonds. The van der Waals surface area contributed by atoms with E-state index in [1.54, 1.807) is 0 Å². The fourth-order valence-corrected chi connectivity index (χ4v) is 2.09. The van der Waals surface area contributed by atoms with E-state index in [4.69, 9.17) is 21.3 Å². The Labute approximate surface area is 108 Å². The molecular weight excluding hydrogens is 260 g/mol. The molecule has 1 saturated heterocycles. The van der Waals surface area contributed by atoms with Gasteiger partial charge >= 0.3 is 0 Å². The van der Waals surface area contributed by atoms with Gasteiger partial charge in [0.25, 0.3) is 5.79 Å². The molecule has 9 heteroatoms. The number of carbonyl (C=O) groups excluding carboxylic acids is 2. The molecule has 1 heterocycles. The van der Waals surface area contributed by atoms with Gasteiger partial charge in [0.15, 0.2) is 11.3 Å². The van der Waals surface area contributed by atoms with E-state index in [-0.39, 0.29) is 0 Å². The quantitative estimate of drug-likeness (QED) is 0.296. The maximum absolute atomic E-state index is 11.7. The first kappa shape index (κ1) is 16.1. The maximum Gasteiger partial charge on any atom is 0.257 e. The van der Waals surface area contributed by atoms with E-state index in [9.17, 15) is 24.9 Å². The molecule has 1 aliphatic heterocycles. The Morgan fingerprint density at radius 1 is 1.37 bits per heavy atom. The fraction of sp³-hybridized carbons (Fsp3) is 0.800. The molecule has 0 aliphatic carbocycles. The third kappa shape index (κ3) is 2.09. The van der Waals surface area contributed by atoms with Gasteiger partial charge in [-0.15, -0.1) is 0 Å². The monoisotopic (exact) mass is 278 g/mol. The van der Waals surface area contributed by atoms with E-state index >= 15 is 0 Å². The van der Waals surface area contributed by atoms with Gasteiger partial charge < -0.3 is 36.6 Å². The van der Waals surface area contributed by atoms with Crippen LogP contribution in [0.5, 0.6) is 0 Å². The van der Waals surface area contributed by atoms with E-state index in [1.807, 2.05) is 0 Å². The molecule has 1 fully saturated rings. The summed E-state index contributed by atoms with van der Waals surface area (Å²) < 4.78 is 4.86. The zero-order valence-corrected chi connectivity index (χ0v) is 10.3. The largest absolute Gasteiger partial charge is 0.394 e. The van der Waals surface area contributed by atoms with Crippen LogP contribution in [0.25, 0.3) is 0 Å². The zero-order valence-electron chi connectivity index (χ0n) is 10.3. The SMILES string of the molecule is CC(=O)[C@@]1(N)[C@@H](O)[C@H](O)[C@@H](CO)OC1(O)C(=O)CN. The molecule has 19 heavy (non-hydrogen) atoms. The van der Waals surface area contributed by atoms with Crippen LogP contribution in [0.2, 0.25) is 0 Å². The van der Waals surface area contributed by atoms with Crippen LogP contribution >= 0.6 is 0 Å². The highest BCUT2D eigenvalue weighted by molar-refractivity contribution is 5.99. The number of ether oxygens (including phenoxy) is 1. The molecule has 0 radical (unpaired) electrons. The van der Waals surface area contributed by atoms with Gasteiger partial charge in [-0.3, -0.25) is 9.59 Å². The zero-order chi connectivity index (χ0) is 15.0. The Morgan fingerprint density at radius 2 is 1.89 bits per heavy atom. The molecule has 0 bridgehead atoms. The number of Topliss-reactive ketones (excluding diaryl/α,β-unsaturated/α-hetero) is 2. The van der Waals surface area contributed by atoms with Crippen LogP contribution in [-0.4, -0.2) is 74.8 Å². The topological polar surface area (TPSA) is 176 Å². The second kappa shape index (κ2) is 5.21. The fourth-order valence-electron chi connectivity index (χ4n) is 2.09. The Bertz CT molecular complexity index is 390. The molecule has 1 aliphatic rings. The second-order valence-corrected chi connectivity index (χ2v) is 4.47. The molecule has 0 aromatic heterocycles. The Kier molecular flexibility index (Phi) is 4.42. The van der Waals surface area contributed by atoms with Crippen LogP contribution in [-0.2, 0) is 14.3 Å².